The van der Waals surface area contributed by atoms with Gasteiger partial charge in [-0.05, 0) is 6.42 Å². The van der Waals surface area contributed by atoms with Gasteiger partial charge in [-0.25, -0.2) is 0 Å². The Morgan fingerprint density at radius 1 is 0.541 bits per heavy atom. The van der Waals surface area contributed by atoms with Gasteiger partial charge in [0.2, 0.25) is 0 Å². The van der Waals surface area contributed by atoms with E-state index in [-0.39, 0.29) is 6.61 Å². The molecule has 0 aromatic carbocycles. The molecule has 1 unspecified atom stereocenters. The predicted octanol–water partition coefficient (Wildman–Crippen LogP) is -6.14. The van der Waals surface area contributed by atoms with E-state index in [0.29, 0.717) is 6.42 Å². The van der Waals surface area contributed by atoms with Crippen LogP contribution in [0.15, 0.2) is 0 Å². The van der Waals surface area contributed by atoms with Gasteiger partial charge in [-0.1, -0.05) is 6.92 Å². The lowest BCUT2D eigenvalue weighted by molar-refractivity contribution is -0.366. The zero-order valence-corrected chi connectivity index (χ0v) is 20.1. The highest BCUT2D eigenvalue weighted by Crippen LogP contribution is 2.31. The highest BCUT2D eigenvalue weighted by molar-refractivity contribution is 4.95. The molecule has 3 heterocycles. The third-order valence-corrected chi connectivity index (χ3v) is 6.54. The van der Waals surface area contributed by atoms with Crippen LogP contribution < -0.4 is 0 Å². The van der Waals surface area contributed by atoms with Crippen LogP contribution in [0.4, 0.5) is 0 Å². The fraction of sp³-hybridized carbons (Fsp3) is 1.00. The molecule has 16 heteroatoms. The van der Waals surface area contributed by atoms with Crippen LogP contribution in [0.1, 0.15) is 13.3 Å². The summed E-state index contributed by atoms with van der Waals surface area (Å²) in [6.07, 6.45) is -22.9. The average molecular weight is 547 g/mol. The molecule has 3 fully saturated rings. The number of aliphatic hydroxyl groups is 10. The van der Waals surface area contributed by atoms with Crippen LogP contribution >= 0.6 is 0 Å². The molecule has 3 saturated heterocycles. The normalized spacial score (nSPS) is 49.2. The standard InChI is InChI=1S/C21H38O16/c1-2-3-32-20-17(31)18(37-21-16(30)14(28)11(25)8(5-23)35-21)12(26)9(36-20)6-33-19-15(29)13(27)10(24)7(4-22)34-19/h7-31H,2-6H2,1H3/t7-,8-,9-,10-,11-,12-,13+,14+,15+,16+,17-,18+,19?,20-,21-/m1/s1. The van der Waals surface area contributed by atoms with Crippen LogP contribution in [0.5, 0.6) is 0 Å². The maximum Gasteiger partial charge on any atom is 0.187 e. The maximum absolute atomic E-state index is 10.9. The van der Waals surface area contributed by atoms with Crippen molar-refractivity contribution in [2.45, 2.75) is 105 Å². The van der Waals surface area contributed by atoms with Crippen molar-refractivity contribution in [1.82, 2.24) is 0 Å². The van der Waals surface area contributed by atoms with Crippen molar-refractivity contribution in [3.8, 4) is 0 Å². The van der Waals surface area contributed by atoms with Crippen LogP contribution in [-0.2, 0) is 28.4 Å². The zero-order valence-electron chi connectivity index (χ0n) is 20.1. The molecule has 37 heavy (non-hydrogen) atoms. The quantitative estimate of drug-likeness (QED) is 0.122. The first-order valence-corrected chi connectivity index (χ1v) is 12.1. The van der Waals surface area contributed by atoms with Crippen molar-refractivity contribution in [2.24, 2.45) is 0 Å². The van der Waals surface area contributed by atoms with Crippen LogP contribution in [0, 0.1) is 0 Å². The van der Waals surface area contributed by atoms with Crippen molar-refractivity contribution in [3.63, 3.8) is 0 Å². The molecular formula is C21H38O16. The molecule has 16 nitrogen and oxygen atoms in total. The van der Waals surface area contributed by atoms with Crippen LogP contribution in [0.25, 0.3) is 0 Å². The second kappa shape index (κ2) is 13.6. The molecule has 3 aliphatic heterocycles. The summed E-state index contributed by atoms with van der Waals surface area (Å²) in [7, 11) is 0. The van der Waals surface area contributed by atoms with Crippen molar-refractivity contribution >= 4 is 0 Å². The molecule has 0 saturated carbocycles. The lowest BCUT2D eigenvalue weighted by Crippen LogP contribution is -2.65. The van der Waals surface area contributed by atoms with E-state index >= 15 is 0 Å². The average Bonchev–Trinajstić information content (AvgIpc) is 2.89. The lowest BCUT2D eigenvalue weighted by atomic mass is 9.96. The van der Waals surface area contributed by atoms with Gasteiger partial charge in [0, 0.05) is 6.61 Å². The van der Waals surface area contributed by atoms with E-state index < -0.39 is 112 Å². The van der Waals surface area contributed by atoms with E-state index in [9.17, 15) is 51.1 Å². The fourth-order valence-electron chi connectivity index (χ4n) is 4.30. The minimum Gasteiger partial charge on any atom is -0.394 e. The van der Waals surface area contributed by atoms with Gasteiger partial charge in [0.1, 0.15) is 73.2 Å². The molecule has 3 aliphatic rings. The van der Waals surface area contributed by atoms with Gasteiger partial charge < -0.3 is 79.5 Å². The van der Waals surface area contributed by atoms with Gasteiger partial charge in [-0.2, -0.15) is 0 Å². The Labute approximate surface area is 212 Å². The highest BCUT2D eigenvalue weighted by atomic mass is 16.7. The molecule has 0 radical (unpaired) electrons. The summed E-state index contributed by atoms with van der Waals surface area (Å²) in [6.45, 7) is 0.0245. The predicted molar refractivity (Wildman–Crippen MR) is 115 cm³/mol. The molecule has 3 rings (SSSR count). The SMILES string of the molecule is CCCO[C@@H]1O[C@H](COC2O[C@H](CO)[C@@H](O)[C@H](O)[C@@H]2O)[C@@H](O)[C@H](O[C@H]2O[C@H](CO)[C@@H](O)[C@H](O)[C@@H]2O)[C@H]1O. The maximum atomic E-state index is 10.9. The van der Waals surface area contributed by atoms with Gasteiger partial charge in [0.05, 0.1) is 19.8 Å². The molecule has 0 spiro atoms. The van der Waals surface area contributed by atoms with E-state index in [1.165, 1.54) is 0 Å². The van der Waals surface area contributed by atoms with Gasteiger partial charge in [-0.15, -0.1) is 0 Å². The van der Waals surface area contributed by atoms with E-state index in [1.807, 2.05) is 0 Å². The molecule has 0 bridgehead atoms. The Kier molecular flexibility index (Phi) is 11.4. The van der Waals surface area contributed by atoms with E-state index in [0.717, 1.165) is 0 Å². The molecule has 15 atom stereocenters. The Morgan fingerprint density at radius 2 is 1.03 bits per heavy atom. The van der Waals surface area contributed by atoms with Crippen molar-refractivity contribution in [2.75, 3.05) is 26.4 Å². The second-order valence-electron chi connectivity index (χ2n) is 9.22. The summed E-state index contributed by atoms with van der Waals surface area (Å²) in [4.78, 5) is 0. The first-order valence-electron chi connectivity index (χ1n) is 12.1. The van der Waals surface area contributed by atoms with Gasteiger partial charge in [0.15, 0.2) is 18.9 Å². The minimum atomic E-state index is -1.81. The van der Waals surface area contributed by atoms with Crippen molar-refractivity contribution < 1.29 is 79.5 Å². The van der Waals surface area contributed by atoms with Crippen molar-refractivity contribution in [1.29, 1.82) is 0 Å². The first-order chi connectivity index (χ1) is 17.5. The number of ether oxygens (including phenoxy) is 6. The third kappa shape index (κ3) is 6.75. The first kappa shape index (κ1) is 30.9. The molecule has 0 aliphatic carbocycles. The summed E-state index contributed by atoms with van der Waals surface area (Å²) in [5.41, 5.74) is 0. The topological polar surface area (TPSA) is 258 Å². The molecule has 10 N–H and O–H groups in total. The smallest absolute Gasteiger partial charge is 0.187 e. The molecular weight excluding hydrogens is 508 g/mol. The van der Waals surface area contributed by atoms with Gasteiger partial charge >= 0.3 is 0 Å². The summed E-state index contributed by atoms with van der Waals surface area (Å²) in [5.74, 6) is 0. The molecule has 0 aromatic heterocycles. The summed E-state index contributed by atoms with van der Waals surface area (Å²) in [6, 6.07) is 0. The number of hydrogen-bond donors (Lipinski definition) is 10. The fourth-order valence-corrected chi connectivity index (χ4v) is 4.30. The number of aliphatic hydroxyl groups excluding tert-OH is 10. The van der Waals surface area contributed by atoms with E-state index in [4.69, 9.17) is 28.4 Å². The Hall–Kier alpha value is -0.640. The Balaban J connectivity index is 1.73. The molecule has 0 aromatic rings. The molecule has 0 amide bonds. The highest BCUT2D eigenvalue weighted by Gasteiger charge is 2.52. The van der Waals surface area contributed by atoms with Gasteiger partial charge in [-0.3, -0.25) is 0 Å². The Bertz CT molecular complexity index is 683. The minimum absolute atomic E-state index is 0.144. The van der Waals surface area contributed by atoms with Gasteiger partial charge in [0.25, 0.3) is 0 Å². The monoisotopic (exact) mass is 546 g/mol. The molecule has 218 valence electrons. The summed E-state index contributed by atoms with van der Waals surface area (Å²) in [5, 5.41) is 101. The Morgan fingerprint density at radius 3 is 1.57 bits per heavy atom. The van der Waals surface area contributed by atoms with Crippen molar-refractivity contribution in [3.05, 3.63) is 0 Å². The largest absolute Gasteiger partial charge is 0.394 e. The third-order valence-electron chi connectivity index (χ3n) is 6.54. The van der Waals surface area contributed by atoms with Crippen LogP contribution in [0.3, 0.4) is 0 Å². The lowest BCUT2D eigenvalue weighted by Gasteiger charge is -2.46. The summed E-state index contributed by atoms with van der Waals surface area (Å²) < 4.78 is 32.7. The van der Waals surface area contributed by atoms with E-state index in [2.05, 4.69) is 0 Å². The zero-order chi connectivity index (χ0) is 27.4. The number of rotatable bonds is 10. The van der Waals surface area contributed by atoms with Crippen LogP contribution in [0.2, 0.25) is 0 Å². The van der Waals surface area contributed by atoms with Crippen LogP contribution in [-0.4, -0.2) is 170 Å². The summed E-state index contributed by atoms with van der Waals surface area (Å²) >= 11 is 0. The number of hydrogen-bond acceptors (Lipinski definition) is 16. The second-order valence-corrected chi connectivity index (χ2v) is 9.22. The van der Waals surface area contributed by atoms with E-state index in [1.54, 1.807) is 6.92 Å².